The van der Waals surface area contributed by atoms with Gasteiger partial charge in [0.1, 0.15) is 11.3 Å². The molecule has 9 heteroatoms. The summed E-state index contributed by atoms with van der Waals surface area (Å²) in [6, 6.07) is 0. The molecule has 5 N–H and O–H groups in total. The number of anilines is 2. The molecule has 0 spiro atoms. The van der Waals surface area contributed by atoms with Crippen molar-refractivity contribution in [3.8, 4) is 0 Å². The molecule has 0 aromatic carbocycles. The zero-order valence-electron chi connectivity index (χ0n) is 14.3. The molecule has 2 aromatic heterocycles. The third-order valence-corrected chi connectivity index (χ3v) is 6.44. The number of aromatic nitrogens is 3. The second-order valence-corrected chi connectivity index (χ2v) is 7.64. The average molecular weight is 573 g/mol. The predicted octanol–water partition coefficient (Wildman–Crippen LogP) is 3.13. The topological polar surface area (TPSA) is 112 Å². The lowest BCUT2D eigenvalue weighted by atomic mass is 10.0. The summed E-state index contributed by atoms with van der Waals surface area (Å²) in [5.41, 5.74) is 12.6. The SMILES string of the molecule is CCOC(O)(CI)CCCCC(CI)c1nc(N)c2c(N)nccn12. The highest BCUT2D eigenvalue weighted by Crippen LogP contribution is 2.30. The Labute approximate surface area is 175 Å². The first-order valence-corrected chi connectivity index (χ1v) is 11.4. The zero-order chi connectivity index (χ0) is 18.4. The van der Waals surface area contributed by atoms with E-state index in [2.05, 4.69) is 55.1 Å². The first kappa shape index (κ1) is 20.9. The molecule has 7 nitrogen and oxygen atoms in total. The van der Waals surface area contributed by atoms with Crippen LogP contribution in [-0.4, -0.2) is 40.7 Å². The summed E-state index contributed by atoms with van der Waals surface area (Å²) < 4.78 is 8.91. The molecule has 0 saturated heterocycles. The number of unbranched alkanes of at least 4 members (excludes halogenated alkanes) is 1. The van der Waals surface area contributed by atoms with Crippen molar-refractivity contribution in [2.24, 2.45) is 0 Å². The van der Waals surface area contributed by atoms with Crippen molar-refractivity contribution >= 4 is 62.3 Å². The average Bonchev–Trinajstić information content (AvgIpc) is 2.93. The van der Waals surface area contributed by atoms with Crippen LogP contribution in [-0.2, 0) is 4.74 Å². The number of alkyl halides is 2. The molecular weight excluding hydrogens is 548 g/mol. The number of nitrogen functional groups attached to an aromatic ring is 2. The van der Waals surface area contributed by atoms with Crippen molar-refractivity contribution in [1.29, 1.82) is 0 Å². The number of hydrogen-bond acceptors (Lipinski definition) is 6. The van der Waals surface area contributed by atoms with Crippen molar-refractivity contribution in [3.63, 3.8) is 0 Å². The van der Waals surface area contributed by atoms with Gasteiger partial charge in [-0.15, -0.1) is 0 Å². The van der Waals surface area contributed by atoms with Gasteiger partial charge in [0.2, 0.25) is 0 Å². The molecule has 140 valence electrons. The fourth-order valence-electron chi connectivity index (χ4n) is 2.92. The quantitative estimate of drug-likeness (QED) is 0.175. The maximum Gasteiger partial charge on any atom is 0.174 e. The third-order valence-electron chi connectivity index (χ3n) is 4.18. The second-order valence-electron chi connectivity index (χ2n) is 6.00. The Bertz CT molecular complexity index is 696. The molecule has 0 aliphatic carbocycles. The van der Waals surface area contributed by atoms with Gasteiger partial charge in [-0.05, 0) is 19.8 Å². The van der Waals surface area contributed by atoms with Gasteiger partial charge >= 0.3 is 0 Å². The van der Waals surface area contributed by atoms with E-state index in [0.29, 0.717) is 34.6 Å². The van der Waals surface area contributed by atoms with Gasteiger partial charge in [0, 0.05) is 35.8 Å². The Hall–Kier alpha value is -0.400. The smallest absolute Gasteiger partial charge is 0.174 e. The first-order chi connectivity index (χ1) is 12.0. The molecule has 2 unspecified atom stereocenters. The monoisotopic (exact) mass is 573 g/mol. The van der Waals surface area contributed by atoms with Crippen LogP contribution in [0.15, 0.2) is 12.4 Å². The molecule has 0 saturated carbocycles. The molecule has 0 radical (unpaired) electrons. The highest BCUT2D eigenvalue weighted by molar-refractivity contribution is 14.1. The molecule has 0 aliphatic heterocycles. The number of ether oxygens (including phenoxy) is 1. The van der Waals surface area contributed by atoms with E-state index in [1.807, 2.05) is 17.5 Å². The maximum atomic E-state index is 10.3. The van der Waals surface area contributed by atoms with Crippen LogP contribution in [0.2, 0.25) is 0 Å². The molecule has 0 amide bonds. The standard InChI is InChI=1S/C16H25I2N5O2/c1-2-25-16(24,10-18)6-4-3-5-11(9-17)15-22-14(20)12-13(19)21-7-8-23(12)15/h7-8,11,24H,2-6,9-10,20H2,1H3,(H2,19,21). The molecule has 0 aliphatic rings. The Morgan fingerprint density at radius 3 is 2.72 bits per heavy atom. The van der Waals surface area contributed by atoms with Gasteiger partial charge in [0.25, 0.3) is 0 Å². The number of rotatable bonds is 10. The fraction of sp³-hybridized carbons (Fsp3) is 0.625. The van der Waals surface area contributed by atoms with E-state index in [9.17, 15) is 5.11 Å². The van der Waals surface area contributed by atoms with Crippen LogP contribution in [0.1, 0.15) is 44.3 Å². The van der Waals surface area contributed by atoms with Gasteiger partial charge in [-0.1, -0.05) is 51.6 Å². The predicted molar refractivity (Wildman–Crippen MR) is 117 cm³/mol. The highest BCUT2D eigenvalue weighted by atomic mass is 127. The minimum absolute atomic E-state index is 0.270. The van der Waals surface area contributed by atoms with E-state index in [1.54, 1.807) is 6.20 Å². The van der Waals surface area contributed by atoms with E-state index in [-0.39, 0.29) is 5.92 Å². The second kappa shape index (κ2) is 9.51. The summed E-state index contributed by atoms with van der Waals surface area (Å²) in [5, 5.41) is 10.3. The fourth-order valence-corrected chi connectivity index (χ4v) is 4.35. The van der Waals surface area contributed by atoms with Gasteiger partial charge < -0.3 is 21.3 Å². The van der Waals surface area contributed by atoms with Crippen LogP contribution in [0, 0.1) is 0 Å². The van der Waals surface area contributed by atoms with E-state index in [1.165, 1.54) is 0 Å². The van der Waals surface area contributed by atoms with E-state index >= 15 is 0 Å². The molecule has 0 bridgehead atoms. The number of aliphatic hydroxyl groups is 1. The molecular formula is C16H25I2N5O2. The molecule has 0 fully saturated rings. The summed E-state index contributed by atoms with van der Waals surface area (Å²) in [6.45, 7) is 2.42. The Morgan fingerprint density at radius 2 is 2.08 bits per heavy atom. The van der Waals surface area contributed by atoms with Gasteiger partial charge in [-0.3, -0.25) is 4.40 Å². The van der Waals surface area contributed by atoms with Crippen molar-refractivity contribution in [2.75, 3.05) is 26.9 Å². The third kappa shape index (κ3) is 5.07. The van der Waals surface area contributed by atoms with Gasteiger partial charge in [-0.25, -0.2) is 9.97 Å². The number of imidazole rings is 1. The van der Waals surface area contributed by atoms with Crippen molar-refractivity contribution < 1.29 is 9.84 Å². The lowest BCUT2D eigenvalue weighted by molar-refractivity contribution is -0.185. The summed E-state index contributed by atoms with van der Waals surface area (Å²) in [6.07, 6.45) is 7.00. The van der Waals surface area contributed by atoms with Crippen molar-refractivity contribution in [2.45, 2.75) is 44.3 Å². The Balaban J connectivity index is 2.03. The van der Waals surface area contributed by atoms with Crippen molar-refractivity contribution in [3.05, 3.63) is 18.2 Å². The lowest BCUT2D eigenvalue weighted by Gasteiger charge is -2.25. The van der Waals surface area contributed by atoms with Crippen LogP contribution in [0.25, 0.3) is 5.52 Å². The lowest BCUT2D eigenvalue weighted by Crippen LogP contribution is -2.34. The van der Waals surface area contributed by atoms with Crippen molar-refractivity contribution in [1.82, 2.24) is 14.4 Å². The minimum Gasteiger partial charge on any atom is -0.382 e. The largest absolute Gasteiger partial charge is 0.382 e. The first-order valence-electron chi connectivity index (χ1n) is 8.32. The van der Waals surface area contributed by atoms with Crippen LogP contribution in [0.4, 0.5) is 11.6 Å². The molecule has 2 heterocycles. The summed E-state index contributed by atoms with van der Waals surface area (Å²) in [7, 11) is 0. The molecule has 2 atom stereocenters. The van der Waals surface area contributed by atoms with Gasteiger partial charge in [0.05, 0.1) is 4.43 Å². The Kier molecular flexibility index (Phi) is 7.95. The van der Waals surface area contributed by atoms with Crippen LogP contribution in [0.3, 0.4) is 0 Å². The molecule has 2 aromatic rings. The van der Waals surface area contributed by atoms with Crippen LogP contribution >= 0.6 is 45.2 Å². The summed E-state index contributed by atoms with van der Waals surface area (Å²) >= 11 is 4.54. The number of nitrogens with zero attached hydrogens (tertiary/aromatic N) is 3. The van der Waals surface area contributed by atoms with E-state index in [0.717, 1.165) is 29.5 Å². The van der Waals surface area contributed by atoms with E-state index in [4.69, 9.17) is 16.2 Å². The maximum absolute atomic E-state index is 10.3. The van der Waals surface area contributed by atoms with Gasteiger partial charge in [-0.2, -0.15) is 0 Å². The zero-order valence-corrected chi connectivity index (χ0v) is 18.6. The van der Waals surface area contributed by atoms with Crippen LogP contribution < -0.4 is 11.5 Å². The minimum atomic E-state index is -1.01. The Morgan fingerprint density at radius 1 is 1.32 bits per heavy atom. The summed E-state index contributed by atoms with van der Waals surface area (Å²) in [4.78, 5) is 8.62. The number of nitrogens with two attached hydrogens (primary N) is 2. The van der Waals surface area contributed by atoms with E-state index < -0.39 is 5.79 Å². The molecule has 25 heavy (non-hydrogen) atoms. The normalized spacial score (nSPS) is 15.4. The van der Waals surface area contributed by atoms with Gasteiger partial charge in [0.15, 0.2) is 17.4 Å². The highest BCUT2D eigenvalue weighted by Gasteiger charge is 2.25. The number of halogens is 2. The number of hydrogen-bond donors (Lipinski definition) is 3. The summed E-state index contributed by atoms with van der Waals surface area (Å²) in [5.74, 6) is 0.998. The van der Waals surface area contributed by atoms with Crippen LogP contribution in [0.5, 0.6) is 0 Å². The number of fused-ring (bicyclic) bond motifs is 1. The molecule has 2 rings (SSSR count).